The van der Waals surface area contributed by atoms with Gasteiger partial charge in [-0.3, -0.25) is 4.79 Å². The fourth-order valence-electron chi connectivity index (χ4n) is 1.32. The van der Waals surface area contributed by atoms with E-state index in [-0.39, 0.29) is 6.54 Å². The van der Waals surface area contributed by atoms with E-state index in [0.29, 0.717) is 11.4 Å². The summed E-state index contributed by atoms with van der Waals surface area (Å²) < 4.78 is 5.82. The standard InChI is InChI=1S/C11H15BrN2O3/c1-14(11(16)9(15)6-13)7-3-4-10(17-2)8(12)5-7/h3-5,9,15H,6,13H2,1-2H3. The molecule has 0 fully saturated rings. The number of aliphatic hydroxyl groups is 1. The highest BCUT2D eigenvalue weighted by Gasteiger charge is 2.19. The number of nitrogens with two attached hydrogens (primary N) is 1. The van der Waals surface area contributed by atoms with Crippen LogP contribution in [0.3, 0.4) is 0 Å². The van der Waals surface area contributed by atoms with Crippen LogP contribution in [0.15, 0.2) is 22.7 Å². The van der Waals surface area contributed by atoms with E-state index in [9.17, 15) is 9.90 Å². The highest BCUT2D eigenvalue weighted by molar-refractivity contribution is 9.10. The van der Waals surface area contributed by atoms with Crippen molar-refractivity contribution in [2.75, 3.05) is 25.6 Å². The number of hydrogen-bond acceptors (Lipinski definition) is 4. The highest BCUT2D eigenvalue weighted by Crippen LogP contribution is 2.29. The van der Waals surface area contributed by atoms with Crippen molar-refractivity contribution < 1.29 is 14.6 Å². The topological polar surface area (TPSA) is 75.8 Å². The quantitative estimate of drug-likeness (QED) is 0.860. The van der Waals surface area contributed by atoms with Crippen LogP contribution in [0, 0.1) is 0 Å². The first-order valence-electron chi connectivity index (χ1n) is 5.00. The van der Waals surface area contributed by atoms with Crippen molar-refractivity contribution in [3.63, 3.8) is 0 Å². The van der Waals surface area contributed by atoms with Gasteiger partial charge in [0, 0.05) is 19.3 Å². The fourth-order valence-corrected chi connectivity index (χ4v) is 1.84. The third-order valence-corrected chi connectivity index (χ3v) is 2.98. The maximum atomic E-state index is 11.7. The van der Waals surface area contributed by atoms with Crippen LogP contribution in [0.1, 0.15) is 0 Å². The summed E-state index contributed by atoms with van der Waals surface area (Å²) in [6.07, 6.45) is -1.18. The molecule has 0 radical (unpaired) electrons. The number of rotatable bonds is 4. The normalized spacial score (nSPS) is 12.1. The lowest BCUT2D eigenvalue weighted by atomic mass is 10.2. The summed E-state index contributed by atoms with van der Waals surface area (Å²) >= 11 is 3.33. The van der Waals surface area contributed by atoms with Crippen molar-refractivity contribution in [3.05, 3.63) is 22.7 Å². The Kier molecular flexibility index (Phi) is 4.92. The van der Waals surface area contributed by atoms with Gasteiger partial charge in [0.2, 0.25) is 0 Å². The Hall–Kier alpha value is -1.11. The average Bonchev–Trinajstić information content (AvgIpc) is 2.35. The minimum Gasteiger partial charge on any atom is -0.496 e. The van der Waals surface area contributed by atoms with E-state index in [4.69, 9.17) is 10.5 Å². The van der Waals surface area contributed by atoms with Crippen LogP contribution in [-0.4, -0.2) is 37.8 Å². The molecule has 3 N–H and O–H groups in total. The number of amides is 1. The molecule has 0 aliphatic carbocycles. The van der Waals surface area contributed by atoms with Crippen molar-refractivity contribution in [1.29, 1.82) is 0 Å². The lowest BCUT2D eigenvalue weighted by Crippen LogP contribution is -2.40. The predicted molar refractivity (Wildman–Crippen MR) is 69.2 cm³/mol. The molecule has 6 heteroatoms. The second kappa shape index (κ2) is 6.00. The Morgan fingerprint density at radius 3 is 2.76 bits per heavy atom. The van der Waals surface area contributed by atoms with Crippen molar-refractivity contribution in [1.82, 2.24) is 0 Å². The maximum absolute atomic E-state index is 11.7. The van der Waals surface area contributed by atoms with E-state index in [2.05, 4.69) is 15.9 Å². The van der Waals surface area contributed by atoms with Crippen LogP contribution in [-0.2, 0) is 4.79 Å². The summed E-state index contributed by atoms with van der Waals surface area (Å²) in [5.74, 6) is 0.235. The molecule has 0 aromatic heterocycles. The molecular formula is C11H15BrN2O3. The molecule has 1 aromatic rings. The number of methoxy groups -OCH3 is 1. The molecule has 1 atom stereocenters. The van der Waals surface area contributed by atoms with Crippen LogP contribution in [0.25, 0.3) is 0 Å². The predicted octanol–water partition coefficient (Wildman–Crippen LogP) is 0.740. The minimum absolute atomic E-state index is 0.0967. The molecule has 1 rings (SSSR count). The van der Waals surface area contributed by atoms with Gasteiger partial charge in [-0.1, -0.05) is 0 Å². The summed E-state index contributed by atoms with van der Waals surface area (Å²) in [5, 5.41) is 9.38. The Bertz CT molecular complexity index is 412. The number of benzene rings is 1. The Morgan fingerprint density at radius 2 is 2.29 bits per heavy atom. The van der Waals surface area contributed by atoms with Gasteiger partial charge in [0.05, 0.1) is 11.6 Å². The van der Waals surface area contributed by atoms with Crippen molar-refractivity contribution in [2.24, 2.45) is 5.73 Å². The monoisotopic (exact) mass is 302 g/mol. The number of halogens is 1. The van der Waals surface area contributed by atoms with E-state index >= 15 is 0 Å². The Balaban J connectivity index is 2.93. The van der Waals surface area contributed by atoms with Gasteiger partial charge in [-0.15, -0.1) is 0 Å². The zero-order chi connectivity index (χ0) is 13.0. The lowest BCUT2D eigenvalue weighted by molar-refractivity contribution is -0.125. The molecule has 0 bridgehead atoms. The van der Waals surface area contributed by atoms with E-state index in [1.807, 2.05) is 0 Å². The number of aliphatic hydroxyl groups excluding tert-OH is 1. The van der Waals surface area contributed by atoms with Crippen molar-refractivity contribution in [3.8, 4) is 5.75 Å². The lowest BCUT2D eigenvalue weighted by Gasteiger charge is -2.20. The molecule has 0 aliphatic heterocycles. The summed E-state index contributed by atoms with van der Waals surface area (Å²) in [7, 11) is 3.14. The zero-order valence-electron chi connectivity index (χ0n) is 9.68. The van der Waals surface area contributed by atoms with Crippen LogP contribution in [0.5, 0.6) is 5.75 Å². The number of ether oxygens (including phenoxy) is 1. The fraction of sp³-hybridized carbons (Fsp3) is 0.364. The third kappa shape index (κ3) is 3.18. The molecule has 5 nitrogen and oxygen atoms in total. The van der Waals surface area contributed by atoms with Crippen LogP contribution >= 0.6 is 15.9 Å². The molecule has 1 unspecified atom stereocenters. The summed E-state index contributed by atoms with van der Waals surface area (Å²) in [4.78, 5) is 13.0. The number of carbonyl (C=O) groups excluding carboxylic acids is 1. The van der Waals surface area contributed by atoms with Crippen LogP contribution < -0.4 is 15.4 Å². The third-order valence-electron chi connectivity index (χ3n) is 2.36. The molecule has 0 spiro atoms. The van der Waals surface area contributed by atoms with E-state index in [1.54, 1.807) is 32.4 Å². The smallest absolute Gasteiger partial charge is 0.256 e. The van der Waals surface area contributed by atoms with Gasteiger partial charge < -0.3 is 20.5 Å². The molecule has 17 heavy (non-hydrogen) atoms. The molecule has 0 saturated carbocycles. The first-order valence-corrected chi connectivity index (χ1v) is 5.79. The molecule has 0 aliphatic rings. The van der Waals surface area contributed by atoms with Crippen LogP contribution in [0.4, 0.5) is 5.69 Å². The Labute approximate surface area is 108 Å². The van der Waals surface area contributed by atoms with Crippen molar-refractivity contribution in [2.45, 2.75) is 6.10 Å². The number of nitrogens with zero attached hydrogens (tertiary/aromatic N) is 1. The van der Waals surface area contributed by atoms with Crippen molar-refractivity contribution >= 4 is 27.5 Å². The first kappa shape index (κ1) is 14.0. The SMILES string of the molecule is COc1ccc(N(C)C(=O)C(O)CN)cc1Br. The van der Waals surface area contributed by atoms with Crippen LogP contribution in [0.2, 0.25) is 0 Å². The van der Waals surface area contributed by atoms with E-state index < -0.39 is 12.0 Å². The molecule has 1 amide bonds. The second-order valence-electron chi connectivity index (χ2n) is 3.47. The highest BCUT2D eigenvalue weighted by atomic mass is 79.9. The number of likely N-dealkylation sites (N-methyl/N-ethyl adjacent to an activating group) is 1. The minimum atomic E-state index is -1.18. The number of anilines is 1. The van der Waals surface area contributed by atoms with Gasteiger partial charge in [-0.05, 0) is 34.1 Å². The van der Waals surface area contributed by atoms with Gasteiger partial charge in [0.25, 0.3) is 5.91 Å². The molecule has 1 aromatic carbocycles. The molecule has 0 saturated heterocycles. The largest absolute Gasteiger partial charge is 0.496 e. The summed E-state index contributed by atoms with van der Waals surface area (Å²) in [6.45, 7) is -0.0967. The van der Waals surface area contributed by atoms with Gasteiger partial charge in [-0.2, -0.15) is 0 Å². The maximum Gasteiger partial charge on any atom is 0.256 e. The first-order chi connectivity index (χ1) is 8.01. The van der Waals surface area contributed by atoms with Gasteiger partial charge in [0.1, 0.15) is 11.9 Å². The number of carbonyl (C=O) groups is 1. The summed E-state index contributed by atoms with van der Waals surface area (Å²) in [6, 6.07) is 5.20. The summed E-state index contributed by atoms with van der Waals surface area (Å²) in [5.41, 5.74) is 5.89. The molecule has 0 heterocycles. The zero-order valence-corrected chi connectivity index (χ0v) is 11.3. The second-order valence-corrected chi connectivity index (χ2v) is 4.32. The van der Waals surface area contributed by atoms with Gasteiger partial charge >= 0.3 is 0 Å². The number of hydrogen-bond donors (Lipinski definition) is 2. The van der Waals surface area contributed by atoms with Gasteiger partial charge in [-0.25, -0.2) is 0 Å². The molecular weight excluding hydrogens is 288 g/mol. The average molecular weight is 303 g/mol. The Morgan fingerprint density at radius 1 is 1.65 bits per heavy atom. The molecule has 94 valence electrons. The van der Waals surface area contributed by atoms with Gasteiger partial charge in [0.15, 0.2) is 0 Å². The van der Waals surface area contributed by atoms with E-state index in [0.717, 1.165) is 4.47 Å². The van der Waals surface area contributed by atoms with E-state index in [1.165, 1.54) is 4.90 Å².